The molecule has 0 spiro atoms. The van der Waals surface area contributed by atoms with Crippen LogP contribution < -0.4 is 10.6 Å². The summed E-state index contributed by atoms with van der Waals surface area (Å²) in [6.45, 7) is 1.52. The summed E-state index contributed by atoms with van der Waals surface area (Å²) in [5, 5.41) is 13.7. The average molecular weight is 234 g/mol. The Morgan fingerprint density at radius 2 is 2.00 bits per heavy atom. The molecule has 7 heteroatoms. The number of hydrogen-bond acceptors (Lipinski definition) is 5. The van der Waals surface area contributed by atoms with Crippen molar-refractivity contribution in [2.24, 2.45) is 0 Å². The van der Waals surface area contributed by atoms with E-state index in [1.807, 2.05) is 0 Å². The molecule has 0 atom stereocenters. The van der Waals surface area contributed by atoms with E-state index in [0.717, 1.165) is 0 Å². The lowest BCUT2D eigenvalue weighted by Crippen LogP contribution is -2.36. The van der Waals surface area contributed by atoms with Crippen LogP contribution in [0.2, 0.25) is 0 Å². The third kappa shape index (κ3) is 10.9. The van der Waals surface area contributed by atoms with Gasteiger partial charge in [-0.25, -0.2) is 4.79 Å². The Morgan fingerprint density at radius 1 is 1.25 bits per heavy atom. The third-order valence-corrected chi connectivity index (χ3v) is 1.56. The first-order valence-electron chi connectivity index (χ1n) is 4.92. The monoisotopic (exact) mass is 234 g/mol. The topological polar surface area (TPSA) is 96.9 Å². The van der Waals surface area contributed by atoms with Crippen LogP contribution in [-0.2, 0) is 19.1 Å². The van der Waals surface area contributed by atoms with Gasteiger partial charge in [-0.2, -0.15) is 0 Å². The van der Waals surface area contributed by atoms with E-state index in [-0.39, 0.29) is 25.7 Å². The molecule has 0 radical (unpaired) electrons. The summed E-state index contributed by atoms with van der Waals surface area (Å²) in [5.41, 5.74) is 0. The van der Waals surface area contributed by atoms with Crippen LogP contribution in [0.5, 0.6) is 0 Å². The Balaban J connectivity index is 3.20. The van der Waals surface area contributed by atoms with Gasteiger partial charge in [-0.3, -0.25) is 4.79 Å². The van der Waals surface area contributed by atoms with Gasteiger partial charge in [0.15, 0.2) is 0 Å². The lowest BCUT2D eigenvalue weighted by atomic mass is 10.5. The summed E-state index contributed by atoms with van der Waals surface area (Å²) in [6.07, 6.45) is 0. The number of carboxylic acid groups (broad SMARTS) is 1. The van der Waals surface area contributed by atoms with Crippen LogP contribution in [0.4, 0.5) is 0 Å². The third-order valence-electron chi connectivity index (χ3n) is 1.56. The van der Waals surface area contributed by atoms with E-state index in [2.05, 4.69) is 10.6 Å². The Morgan fingerprint density at radius 3 is 2.62 bits per heavy atom. The Hall–Kier alpha value is -1.18. The van der Waals surface area contributed by atoms with Gasteiger partial charge >= 0.3 is 5.97 Å². The Labute approximate surface area is 94.1 Å². The maximum absolute atomic E-state index is 11.1. The fourth-order valence-corrected chi connectivity index (χ4v) is 0.861. The maximum Gasteiger partial charge on any atom is 0.329 e. The minimum Gasteiger partial charge on any atom is -0.480 e. The van der Waals surface area contributed by atoms with Crippen molar-refractivity contribution in [3.05, 3.63) is 0 Å². The number of aliphatic carboxylic acids is 1. The first-order valence-corrected chi connectivity index (χ1v) is 4.92. The van der Waals surface area contributed by atoms with Crippen LogP contribution in [0.15, 0.2) is 0 Å². The van der Waals surface area contributed by atoms with Gasteiger partial charge in [-0.05, 0) is 0 Å². The molecule has 0 aliphatic carbocycles. The Bertz CT molecular complexity index is 210. The van der Waals surface area contributed by atoms with E-state index in [9.17, 15) is 9.59 Å². The number of amides is 1. The number of methoxy groups -OCH3 is 1. The van der Waals surface area contributed by atoms with Crippen molar-refractivity contribution >= 4 is 11.9 Å². The standard InChI is InChI=1S/C9H18N2O5/c1-15-4-2-10-6-8(12)11-3-5-16-7-9(13)14/h10H,2-7H2,1H3,(H,11,12)(H,13,14). The van der Waals surface area contributed by atoms with E-state index >= 15 is 0 Å². The predicted octanol–water partition coefficient (Wildman–Crippen LogP) is -1.56. The van der Waals surface area contributed by atoms with E-state index in [4.69, 9.17) is 14.6 Å². The second kappa shape index (κ2) is 10.3. The first-order chi connectivity index (χ1) is 7.66. The van der Waals surface area contributed by atoms with Crippen molar-refractivity contribution < 1.29 is 24.2 Å². The molecule has 0 fully saturated rings. The molecular weight excluding hydrogens is 216 g/mol. The van der Waals surface area contributed by atoms with Gasteiger partial charge in [0.1, 0.15) is 6.61 Å². The van der Waals surface area contributed by atoms with Gasteiger partial charge in [0.25, 0.3) is 0 Å². The maximum atomic E-state index is 11.1. The van der Waals surface area contributed by atoms with Crippen molar-refractivity contribution in [3.8, 4) is 0 Å². The van der Waals surface area contributed by atoms with Crippen LogP contribution in [0.25, 0.3) is 0 Å². The molecule has 0 aromatic rings. The Kier molecular flexibility index (Phi) is 9.58. The summed E-state index contributed by atoms with van der Waals surface area (Å²) in [7, 11) is 1.58. The van der Waals surface area contributed by atoms with Crippen LogP contribution in [0.3, 0.4) is 0 Å². The molecule has 0 aromatic heterocycles. The number of nitrogens with one attached hydrogen (secondary N) is 2. The van der Waals surface area contributed by atoms with Crippen molar-refractivity contribution in [1.29, 1.82) is 0 Å². The lowest BCUT2D eigenvalue weighted by Gasteiger charge is -2.06. The number of ether oxygens (including phenoxy) is 2. The molecule has 0 heterocycles. The molecule has 16 heavy (non-hydrogen) atoms. The summed E-state index contributed by atoms with van der Waals surface area (Å²) in [5.74, 6) is -1.18. The van der Waals surface area contributed by atoms with Gasteiger partial charge < -0.3 is 25.2 Å². The zero-order valence-corrected chi connectivity index (χ0v) is 9.32. The molecule has 0 aliphatic rings. The molecule has 3 N–H and O–H groups in total. The molecule has 0 aliphatic heterocycles. The number of carbonyl (C=O) groups excluding carboxylic acids is 1. The predicted molar refractivity (Wildman–Crippen MR) is 56.2 cm³/mol. The number of hydrogen-bond donors (Lipinski definition) is 3. The largest absolute Gasteiger partial charge is 0.480 e. The highest BCUT2D eigenvalue weighted by Crippen LogP contribution is 1.74. The highest BCUT2D eigenvalue weighted by atomic mass is 16.5. The fourth-order valence-electron chi connectivity index (χ4n) is 0.861. The first kappa shape index (κ1) is 14.8. The highest BCUT2D eigenvalue weighted by Gasteiger charge is 2.00. The zero-order valence-electron chi connectivity index (χ0n) is 9.32. The number of carboxylic acids is 1. The molecule has 7 nitrogen and oxygen atoms in total. The number of carbonyl (C=O) groups is 2. The molecule has 0 rings (SSSR count). The van der Waals surface area contributed by atoms with E-state index in [1.54, 1.807) is 7.11 Å². The molecule has 0 aromatic carbocycles. The summed E-state index contributed by atoms with van der Waals surface area (Å²) < 4.78 is 9.52. The lowest BCUT2D eigenvalue weighted by molar-refractivity contribution is -0.142. The average Bonchev–Trinajstić information content (AvgIpc) is 2.23. The van der Waals surface area contributed by atoms with Crippen molar-refractivity contribution in [2.75, 3.05) is 46.6 Å². The van der Waals surface area contributed by atoms with Crippen LogP contribution in [0.1, 0.15) is 0 Å². The van der Waals surface area contributed by atoms with Crippen LogP contribution in [-0.4, -0.2) is 63.5 Å². The molecule has 1 amide bonds. The van der Waals surface area contributed by atoms with E-state index in [0.29, 0.717) is 19.7 Å². The second-order valence-corrected chi connectivity index (χ2v) is 2.97. The van der Waals surface area contributed by atoms with Gasteiger partial charge in [0.05, 0.1) is 19.8 Å². The van der Waals surface area contributed by atoms with Gasteiger partial charge in [0, 0.05) is 20.2 Å². The quantitative estimate of drug-likeness (QED) is 0.396. The number of rotatable bonds is 10. The molecule has 0 saturated carbocycles. The van der Waals surface area contributed by atoms with Gasteiger partial charge in [-0.15, -0.1) is 0 Å². The van der Waals surface area contributed by atoms with Gasteiger partial charge in [-0.1, -0.05) is 0 Å². The zero-order chi connectivity index (χ0) is 12.2. The van der Waals surface area contributed by atoms with E-state index in [1.165, 1.54) is 0 Å². The van der Waals surface area contributed by atoms with Crippen molar-refractivity contribution in [1.82, 2.24) is 10.6 Å². The highest BCUT2D eigenvalue weighted by molar-refractivity contribution is 5.77. The van der Waals surface area contributed by atoms with Crippen molar-refractivity contribution in [2.45, 2.75) is 0 Å². The SMILES string of the molecule is COCCNCC(=O)NCCOCC(=O)O. The smallest absolute Gasteiger partial charge is 0.329 e. The summed E-state index contributed by atoms with van der Waals surface area (Å²) in [4.78, 5) is 21.2. The summed E-state index contributed by atoms with van der Waals surface area (Å²) in [6, 6.07) is 0. The fraction of sp³-hybridized carbons (Fsp3) is 0.778. The normalized spacial score (nSPS) is 10.1. The molecule has 0 bridgehead atoms. The molecule has 0 saturated heterocycles. The summed E-state index contributed by atoms with van der Waals surface area (Å²) >= 11 is 0. The van der Waals surface area contributed by atoms with Gasteiger partial charge in [0.2, 0.25) is 5.91 Å². The van der Waals surface area contributed by atoms with Crippen LogP contribution >= 0.6 is 0 Å². The molecular formula is C9H18N2O5. The van der Waals surface area contributed by atoms with Crippen molar-refractivity contribution in [3.63, 3.8) is 0 Å². The molecule has 0 unspecified atom stereocenters. The molecule has 94 valence electrons. The second-order valence-electron chi connectivity index (χ2n) is 2.97. The van der Waals surface area contributed by atoms with E-state index < -0.39 is 5.97 Å². The minimum absolute atomic E-state index is 0.157. The minimum atomic E-state index is -1.02. The van der Waals surface area contributed by atoms with Crippen LogP contribution in [0, 0.1) is 0 Å².